The van der Waals surface area contributed by atoms with E-state index >= 15 is 0 Å². The molecule has 88 valence electrons. The van der Waals surface area contributed by atoms with Gasteiger partial charge in [0, 0.05) is 11.3 Å². The van der Waals surface area contributed by atoms with E-state index in [-0.39, 0.29) is 16.8 Å². The van der Waals surface area contributed by atoms with Gasteiger partial charge in [-0.25, -0.2) is 9.37 Å². The molecule has 0 saturated carbocycles. The Morgan fingerprint density at radius 1 is 1.35 bits per heavy atom. The van der Waals surface area contributed by atoms with Crippen molar-refractivity contribution < 1.29 is 4.39 Å². The highest BCUT2D eigenvalue weighted by molar-refractivity contribution is 9.10. The molecular formula is C12H10BrFN2O. The monoisotopic (exact) mass is 296 g/mol. The van der Waals surface area contributed by atoms with Gasteiger partial charge in [-0.05, 0) is 41.9 Å². The Labute approximate surface area is 106 Å². The van der Waals surface area contributed by atoms with Gasteiger partial charge < -0.3 is 4.98 Å². The highest BCUT2D eigenvalue weighted by Gasteiger charge is 2.13. The zero-order chi connectivity index (χ0) is 12.6. The summed E-state index contributed by atoms with van der Waals surface area (Å²) in [6.45, 7) is 3.52. The fourth-order valence-corrected chi connectivity index (χ4v) is 1.86. The topological polar surface area (TPSA) is 45.8 Å². The average Bonchev–Trinajstić information content (AvgIpc) is 2.28. The summed E-state index contributed by atoms with van der Waals surface area (Å²) in [7, 11) is 0. The number of aromatic nitrogens is 2. The molecular weight excluding hydrogens is 287 g/mol. The Hall–Kier alpha value is -1.49. The first-order chi connectivity index (χ1) is 8.00. The van der Waals surface area contributed by atoms with E-state index in [1.54, 1.807) is 26.0 Å². The summed E-state index contributed by atoms with van der Waals surface area (Å²) < 4.78 is 14.2. The Balaban J connectivity index is 2.73. The molecule has 0 aliphatic carbocycles. The Bertz CT molecular complexity index is 637. The van der Waals surface area contributed by atoms with Gasteiger partial charge in [0.15, 0.2) is 0 Å². The Morgan fingerprint density at radius 3 is 2.76 bits per heavy atom. The van der Waals surface area contributed by atoms with E-state index < -0.39 is 5.82 Å². The molecule has 0 amide bonds. The van der Waals surface area contributed by atoms with Crippen molar-refractivity contribution in [2.75, 3.05) is 0 Å². The van der Waals surface area contributed by atoms with Crippen molar-refractivity contribution in [3.63, 3.8) is 0 Å². The van der Waals surface area contributed by atoms with Crippen LogP contribution in [0.5, 0.6) is 0 Å². The molecule has 2 aromatic rings. The van der Waals surface area contributed by atoms with E-state index in [9.17, 15) is 9.18 Å². The van der Waals surface area contributed by atoms with Gasteiger partial charge in [-0.1, -0.05) is 6.07 Å². The molecule has 0 atom stereocenters. The van der Waals surface area contributed by atoms with Crippen molar-refractivity contribution in [2.45, 2.75) is 13.8 Å². The van der Waals surface area contributed by atoms with Crippen molar-refractivity contribution in [2.24, 2.45) is 0 Å². The van der Waals surface area contributed by atoms with Crippen LogP contribution in [0.1, 0.15) is 11.4 Å². The maximum absolute atomic E-state index is 13.9. The zero-order valence-corrected chi connectivity index (χ0v) is 10.9. The Morgan fingerprint density at radius 2 is 2.06 bits per heavy atom. The van der Waals surface area contributed by atoms with E-state index in [2.05, 4.69) is 25.9 Å². The third-order valence-corrected chi connectivity index (χ3v) is 3.16. The number of halogens is 2. The average molecular weight is 297 g/mol. The summed E-state index contributed by atoms with van der Waals surface area (Å²) in [6.07, 6.45) is 0. The summed E-state index contributed by atoms with van der Waals surface area (Å²) in [6, 6.07) is 4.78. The normalized spacial score (nSPS) is 10.6. The maximum atomic E-state index is 13.9. The molecule has 1 heterocycles. The third kappa shape index (κ3) is 2.15. The number of H-pyrrole nitrogens is 1. The number of nitrogens with one attached hydrogen (secondary N) is 1. The first kappa shape index (κ1) is 12.0. The van der Waals surface area contributed by atoms with Crippen molar-refractivity contribution >= 4 is 15.9 Å². The van der Waals surface area contributed by atoms with Gasteiger partial charge in [0.1, 0.15) is 11.5 Å². The molecule has 1 N–H and O–H groups in total. The van der Waals surface area contributed by atoms with Gasteiger partial charge in [-0.15, -0.1) is 0 Å². The molecule has 0 radical (unpaired) electrons. The molecule has 5 heteroatoms. The van der Waals surface area contributed by atoms with E-state index in [0.717, 1.165) is 0 Å². The number of aromatic amines is 1. The smallest absolute Gasteiger partial charge is 0.274 e. The van der Waals surface area contributed by atoms with Crippen LogP contribution in [0.25, 0.3) is 11.3 Å². The summed E-state index contributed by atoms with van der Waals surface area (Å²) in [4.78, 5) is 18.5. The summed E-state index contributed by atoms with van der Waals surface area (Å²) >= 11 is 3.09. The highest BCUT2D eigenvalue weighted by atomic mass is 79.9. The molecule has 3 nitrogen and oxygen atoms in total. The lowest BCUT2D eigenvalue weighted by atomic mass is 10.1. The minimum Gasteiger partial charge on any atom is -0.323 e. The predicted molar refractivity (Wildman–Crippen MR) is 67.4 cm³/mol. The van der Waals surface area contributed by atoms with Gasteiger partial charge >= 0.3 is 0 Å². The van der Waals surface area contributed by atoms with Crippen LogP contribution in [-0.2, 0) is 0 Å². The fraction of sp³-hybridized carbons (Fsp3) is 0.167. The van der Waals surface area contributed by atoms with Gasteiger partial charge in [0.25, 0.3) is 5.56 Å². The van der Waals surface area contributed by atoms with Crippen molar-refractivity contribution in [1.82, 2.24) is 9.97 Å². The molecule has 0 unspecified atom stereocenters. The summed E-state index contributed by atoms with van der Waals surface area (Å²) in [5.74, 6) is -0.478. The van der Waals surface area contributed by atoms with Crippen LogP contribution < -0.4 is 5.56 Å². The zero-order valence-electron chi connectivity index (χ0n) is 9.34. The highest BCUT2D eigenvalue weighted by Crippen LogP contribution is 2.24. The van der Waals surface area contributed by atoms with Gasteiger partial charge in [0.05, 0.1) is 10.2 Å². The first-order valence-corrected chi connectivity index (χ1v) is 5.82. The van der Waals surface area contributed by atoms with Crippen LogP contribution in [0.4, 0.5) is 4.39 Å². The van der Waals surface area contributed by atoms with Crippen LogP contribution in [0.2, 0.25) is 0 Å². The Kier molecular flexibility index (Phi) is 3.11. The fourth-order valence-electron chi connectivity index (χ4n) is 1.49. The maximum Gasteiger partial charge on any atom is 0.274 e. The van der Waals surface area contributed by atoms with E-state index in [1.807, 2.05) is 0 Å². The molecule has 0 saturated heterocycles. The standard InChI is InChI=1S/C12H10BrFN2O/c1-6-7(2)16-12(17)11(15-6)8-4-3-5-9(13)10(8)14/h3-5H,1-2H3,(H,16,17). The minimum atomic E-state index is -0.478. The number of benzene rings is 1. The third-order valence-electron chi connectivity index (χ3n) is 2.55. The van der Waals surface area contributed by atoms with Gasteiger partial charge in [-0.3, -0.25) is 4.79 Å². The second kappa shape index (κ2) is 4.41. The number of hydrogen-bond donors (Lipinski definition) is 1. The van der Waals surface area contributed by atoms with Crippen LogP contribution in [0.3, 0.4) is 0 Å². The van der Waals surface area contributed by atoms with Crippen LogP contribution in [0.15, 0.2) is 27.5 Å². The lowest BCUT2D eigenvalue weighted by Gasteiger charge is -2.05. The molecule has 0 aliphatic heterocycles. The molecule has 0 fully saturated rings. The molecule has 0 spiro atoms. The largest absolute Gasteiger partial charge is 0.323 e. The van der Waals surface area contributed by atoms with Crippen LogP contribution in [0, 0.1) is 19.7 Å². The summed E-state index contributed by atoms with van der Waals surface area (Å²) in [5, 5.41) is 0. The van der Waals surface area contributed by atoms with E-state index in [0.29, 0.717) is 15.9 Å². The quantitative estimate of drug-likeness (QED) is 0.879. The van der Waals surface area contributed by atoms with E-state index in [4.69, 9.17) is 0 Å². The van der Waals surface area contributed by atoms with E-state index in [1.165, 1.54) is 6.07 Å². The molecule has 17 heavy (non-hydrogen) atoms. The number of hydrogen-bond acceptors (Lipinski definition) is 2. The molecule has 1 aromatic heterocycles. The van der Waals surface area contributed by atoms with Gasteiger partial charge in [-0.2, -0.15) is 0 Å². The van der Waals surface area contributed by atoms with Crippen molar-refractivity contribution in [3.05, 3.63) is 50.2 Å². The molecule has 0 bridgehead atoms. The van der Waals surface area contributed by atoms with Crippen LogP contribution in [-0.4, -0.2) is 9.97 Å². The van der Waals surface area contributed by atoms with Crippen molar-refractivity contribution in [3.8, 4) is 11.3 Å². The summed E-state index contributed by atoms with van der Waals surface area (Å²) in [5.41, 5.74) is 1.29. The van der Waals surface area contributed by atoms with Crippen molar-refractivity contribution in [1.29, 1.82) is 0 Å². The predicted octanol–water partition coefficient (Wildman–Crippen LogP) is 2.96. The first-order valence-electron chi connectivity index (χ1n) is 5.02. The second-order valence-corrected chi connectivity index (χ2v) is 4.58. The van der Waals surface area contributed by atoms with Crippen LogP contribution >= 0.6 is 15.9 Å². The molecule has 1 aromatic carbocycles. The second-order valence-electron chi connectivity index (χ2n) is 3.73. The lowest BCUT2D eigenvalue weighted by molar-refractivity contribution is 0.623. The lowest BCUT2D eigenvalue weighted by Crippen LogP contribution is -2.15. The minimum absolute atomic E-state index is 0.104. The molecule has 0 aliphatic rings. The van der Waals surface area contributed by atoms with Gasteiger partial charge in [0.2, 0.25) is 0 Å². The molecule has 2 rings (SSSR count). The number of nitrogens with zero attached hydrogens (tertiary/aromatic N) is 1. The number of rotatable bonds is 1. The number of aryl methyl sites for hydroxylation is 2. The SMILES string of the molecule is Cc1nc(-c2cccc(Br)c2F)c(=O)[nH]c1C.